The Hall–Kier alpha value is -1.74. The van der Waals surface area contributed by atoms with E-state index in [0.717, 1.165) is 19.6 Å². The number of nitrogens with one attached hydrogen (secondary N) is 1. The first-order valence-corrected chi connectivity index (χ1v) is 6.84. The van der Waals surface area contributed by atoms with Crippen LogP contribution < -0.4 is 5.43 Å². The summed E-state index contributed by atoms with van der Waals surface area (Å²) in [5.41, 5.74) is 8.65. The van der Waals surface area contributed by atoms with Gasteiger partial charge in [0.15, 0.2) is 0 Å². The van der Waals surface area contributed by atoms with Crippen LogP contribution in [-0.2, 0) is 11.2 Å². The fourth-order valence-electron chi connectivity index (χ4n) is 2.74. The van der Waals surface area contributed by atoms with Crippen LogP contribution in [-0.4, -0.2) is 17.8 Å². The van der Waals surface area contributed by atoms with Gasteiger partial charge in [-0.05, 0) is 43.5 Å². The minimum Gasteiger partial charge on any atom is -0.371 e. The van der Waals surface area contributed by atoms with E-state index in [9.17, 15) is 0 Å². The molecule has 0 radical (unpaired) electrons. The summed E-state index contributed by atoms with van der Waals surface area (Å²) < 4.78 is 8.03. The number of rotatable bonds is 3. The molecule has 3 heteroatoms. The normalized spacial score (nSPS) is 18.1. The third-order valence-electron chi connectivity index (χ3n) is 3.80. The molecule has 1 N–H and O–H groups in total. The maximum Gasteiger partial charge on any atom is 0.102 e. The molecule has 3 rings (SSSR count). The Morgan fingerprint density at radius 2 is 1.89 bits per heavy atom. The first kappa shape index (κ1) is 12.3. The Labute approximate surface area is 114 Å². The molecular weight excluding hydrogens is 236 g/mol. The molecule has 1 unspecified atom stereocenters. The number of ether oxygens (including phenoxy) is 1. The van der Waals surface area contributed by atoms with Crippen LogP contribution in [0.5, 0.6) is 0 Å². The zero-order valence-electron chi connectivity index (χ0n) is 11.5. The smallest absolute Gasteiger partial charge is 0.102 e. The van der Waals surface area contributed by atoms with E-state index in [1.165, 1.54) is 22.5 Å². The second-order valence-corrected chi connectivity index (χ2v) is 5.12. The lowest BCUT2D eigenvalue weighted by Gasteiger charge is -2.27. The summed E-state index contributed by atoms with van der Waals surface area (Å²) in [5, 5.41) is 0. The topological polar surface area (TPSA) is 26.2 Å². The monoisotopic (exact) mass is 256 g/mol. The van der Waals surface area contributed by atoms with Gasteiger partial charge in [0.05, 0.1) is 13.2 Å². The number of hydrogen-bond acceptors (Lipinski definition) is 2. The largest absolute Gasteiger partial charge is 0.371 e. The number of hydrogen-bond donors (Lipinski definition) is 1. The van der Waals surface area contributed by atoms with Crippen molar-refractivity contribution in [3.05, 3.63) is 58.9 Å². The van der Waals surface area contributed by atoms with Crippen molar-refractivity contribution in [1.29, 1.82) is 0 Å². The lowest BCUT2D eigenvalue weighted by molar-refractivity contribution is 0.0496. The van der Waals surface area contributed by atoms with Crippen molar-refractivity contribution in [2.45, 2.75) is 26.4 Å². The maximum absolute atomic E-state index is 5.91. The van der Waals surface area contributed by atoms with Gasteiger partial charge in [-0.3, -0.25) is 4.68 Å². The second-order valence-electron chi connectivity index (χ2n) is 5.12. The third-order valence-corrected chi connectivity index (χ3v) is 3.80. The molecule has 100 valence electrons. The quantitative estimate of drug-likeness (QED) is 0.913. The molecule has 19 heavy (non-hydrogen) atoms. The fraction of sp³-hybridized carbons (Fsp3) is 0.375. The van der Waals surface area contributed by atoms with Crippen molar-refractivity contribution >= 4 is 0 Å². The molecule has 1 aromatic carbocycles. The highest BCUT2D eigenvalue weighted by atomic mass is 16.5. The number of aryl methyl sites for hydroxylation is 2. The molecule has 2 aromatic rings. The Morgan fingerprint density at radius 3 is 2.68 bits per heavy atom. The van der Waals surface area contributed by atoms with E-state index in [0.29, 0.717) is 0 Å². The fourth-order valence-corrected chi connectivity index (χ4v) is 2.74. The highest BCUT2D eigenvalue weighted by Gasteiger charge is 2.20. The van der Waals surface area contributed by atoms with Crippen LogP contribution in [0.15, 0.2) is 36.4 Å². The summed E-state index contributed by atoms with van der Waals surface area (Å²) in [6.07, 6.45) is 1.17. The van der Waals surface area contributed by atoms with Crippen LogP contribution >= 0.6 is 0 Å². The Balaban J connectivity index is 1.75. The highest BCUT2D eigenvalue weighted by Crippen LogP contribution is 2.26. The molecule has 3 nitrogen and oxygen atoms in total. The molecule has 1 aliphatic rings. The molecule has 0 amide bonds. The molecule has 1 aliphatic heterocycles. The standard InChI is InChI=1S/C16H20N2O/c1-12-7-8-13(2)18(12)17-11-16-15-6-4-3-5-14(15)9-10-19-16/h3-8,16-17H,9-11H2,1-2H3. The van der Waals surface area contributed by atoms with Gasteiger partial charge in [0.25, 0.3) is 0 Å². The van der Waals surface area contributed by atoms with Crippen LogP contribution in [0.4, 0.5) is 0 Å². The van der Waals surface area contributed by atoms with E-state index in [1.54, 1.807) is 0 Å². The molecule has 1 atom stereocenters. The van der Waals surface area contributed by atoms with Crippen molar-refractivity contribution in [2.75, 3.05) is 18.6 Å². The Morgan fingerprint density at radius 1 is 1.16 bits per heavy atom. The minimum absolute atomic E-state index is 0.145. The van der Waals surface area contributed by atoms with Gasteiger partial charge in [-0.2, -0.15) is 0 Å². The zero-order valence-corrected chi connectivity index (χ0v) is 11.5. The van der Waals surface area contributed by atoms with Gasteiger partial charge >= 0.3 is 0 Å². The van der Waals surface area contributed by atoms with E-state index in [4.69, 9.17) is 4.74 Å². The van der Waals surface area contributed by atoms with Crippen LogP contribution in [0.3, 0.4) is 0 Å². The third kappa shape index (κ3) is 2.38. The molecule has 2 heterocycles. The molecule has 0 saturated heterocycles. The molecule has 0 spiro atoms. The lowest BCUT2D eigenvalue weighted by Crippen LogP contribution is -2.27. The van der Waals surface area contributed by atoms with E-state index in [1.807, 2.05) is 0 Å². The summed E-state index contributed by atoms with van der Waals surface area (Å²) in [6.45, 7) is 5.83. The van der Waals surface area contributed by atoms with Crippen LogP contribution in [0.25, 0.3) is 0 Å². The summed E-state index contributed by atoms with van der Waals surface area (Å²) in [7, 11) is 0. The van der Waals surface area contributed by atoms with E-state index < -0.39 is 0 Å². The molecular formula is C16H20N2O. The number of nitrogens with zero attached hydrogens (tertiary/aromatic N) is 1. The highest BCUT2D eigenvalue weighted by molar-refractivity contribution is 5.31. The van der Waals surface area contributed by atoms with E-state index in [2.05, 4.69) is 60.3 Å². The first-order chi connectivity index (χ1) is 9.25. The minimum atomic E-state index is 0.145. The van der Waals surface area contributed by atoms with Crippen molar-refractivity contribution < 1.29 is 4.74 Å². The predicted molar refractivity (Wildman–Crippen MR) is 77.0 cm³/mol. The van der Waals surface area contributed by atoms with Gasteiger partial charge in [-0.15, -0.1) is 0 Å². The number of benzene rings is 1. The van der Waals surface area contributed by atoms with Crippen molar-refractivity contribution in [1.82, 2.24) is 4.68 Å². The lowest BCUT2D eigenvalue weighted by atomic mass is 9.98. The van der Waals surface area contributed by atoms with Crippen LogP contribution in [0.2, 0.25) is 0 Å². The van der Waals surface area contributed by atoms with Gasteiger partial charge in [0.1, 0.15) is 6.10 Å². The zero-order chi connectivity index (χ0) is 13.2. The van der Waals surface area contributed by atoms with E-state index >= 15 is 0 Å². The summed E-state index contributed by atoms with van der Waals surface area (Å²) in [4.78, 5) is 0. The van der Waals surface area contributed by atoms with Gasteiger partial charge in [-0.1, -0.05) is 24.3 Å². The average molecular weight is 256 g/mol. The van der Waals surface area contributed by atoms with Gasteiger partial charge in [-0.25, -0.2) is 0 Å². The van der Waals surface area contributed by atoms with Crippen LogP contribution in [0, 0.1) is 13.8 Å². The number of fused-ring (bicyclic) bond motifs is 1. The Kier molecular flexibility index (Phi) is 3.30. The second kappa shape index (κ2) is 5.10. The summed E-state index contributed by atoms with van der Waals surface area (Å²) in [5.74, 6) is 0. The average Bonchev–Trinajstić information content (AvgIpc) is 2.76. The number of aromatic nitrogens is 1. The Bertz CT molecular complexity index is 554. The SMILES string of the molecule is Cc1ccc(C)n1NCC1OCCc2ccccc21. The summed E-state index contributed by atoms with van der Waals surface area (Å²) in [6, 6.07) is 12.8. The summed E-state index contributed by atoms with van der Waals surface area (Å²) >= 11 is 0. The molecule has 0 bridgehead atoms. The van der Waals surface area contributed by atoms with Gasteiger partial charge < -0.3 is 10.2 Å². The van der Waals surface area contributed by atoms with Crippen molar-refractivity contribution in [3.8, 4) is 0 Å². The maximum atomic E-state index is 5.91. The van der Waals surface area contributed by atoms with Crippen molar-refractivity contribution in [3.63, 3.8) is 0 Å². The molecule has 1 aromatic heterocycles. The molecule has 0 fully saturated rings. The van der Waals surface area contributed by atoms with Gasteiger partial charge in [0.2, 0.25) is 0 Å². The van der Waals surface area contributed by atoms with Crippen LogP contribution in [0.1, 0.15) is 28.6 Å². The van der Waals surface area contributed by atoms with Gasteiger partial charge in [0, 0.05) is 11.4 Å². The molecule has 0 saturated carbocycles. The predicted octanol–water partition coefficient (Wildman–Crippen LogP) is 2.96. The van der Waals surface area contributed by atoms with Crippen molar-refractivity contribution in [2.24, 2.45) is 0 Å². The first-order valence-electron chi connectivity index (χ1n) is 6.84. The molecule has 0 aliphatic carbocycles. The van der Waals surface area contributed by atoms with E-state index in [-0.39, 0.29) is 6.10 Å².